The molecule has 0 saturated carbocycles. The Morgan fingerprint density at radius 3 is 2.50 bits per heavy atom. The van der Waals surface area contributed by atoms with Crippen LogP contribution in [-0.2, 0) is 18.9 Å². The van der Waals surface area contributed by atoms with Crippen molar-refractivity contribution in [3.05, 3.63) is 41.2 Å². The molecule has 1 N–H and O–H groups in total. The summed E-state index contributed by atoms with van der Waals surface area (Å²) in [5, 5.41) is 15.6. The lowest BCUT2D eigenvalue weighted by atomic mass is 9.72. The quantitative estimate of drug-likeness (QED) is 0.858. The molecule has 0 bridgehead atoms. The lowest BCUT2D eigenvalue weighted by molar-refractivity contribution is 0.270. The predicted molar refractivity (Wildman–Crippen MR) is 68.2 cm³/mol. The van der Waals surface area contributed by atoms with E-state index in [1.807, 2.05) is 0 Å². The van der Waals surface area contributed by atoms with Gasteiger partial charge in [0.25, 0.3) is 0 Å². The van der Waals surface area contributed by atoms with Crippen molar-refractivity contribution in [1.29, 1.82) is 0 Å². The van der Waals surface area contributed by atoms with Crippen molar-refractivity contribution < 1.29 is 0 Å². The molecule has 5 nitrogen and oxygen atoms in total. The number of aromatic nitrogens is 4. The molecule has 0 amide bonds. The van der Waals surface area contributed by atoms with Crippen LogP contribution in [0.4, 0.5) is 0 Å². The largest absolute Gasteiger partial charge is 0.315 e. The van der Waals surface area contributed by atoms with E-state index in [1.54, 1.807) is 7.05 Å². The van der Waals surface area contributed by atoms with Crippen molar-refractivity contribution in [1.82, 2.24) is 25.5 Å². The molecule has 2 aromatic rings. The van der Waals surface area contributed by atoms with Crippen LogP contribution < -0.4 is 5.32 Å². The van der Waals surface area contributed by atoms with E-state index in [1.165, 1.54) is 15.9 Å². The first-order valence-electron chi connectivity index (χ1n) is 6.19. The van der Waals surface area contributed by atoms with Gasteiger partial charge in [-0.2, -0.15) is 4.80 Å². The first-order valence-corrected chi connectivity index (χ1v) is 6.19. The normalized spacial score (nSPS) is 17.4. The summed E-state index contributed by atoms with van der Waals surface area (Å²) in [7, 11) is 1.80. The van der Waals surface area contributed by atoms with Gasteiger partial charge in [-0.15, -0.1) is 10.2 Å². The Balaban J connectivity index is 1.88. The molecule has 0 spiro atoms. The van der Waals surface area contributed by atoms with Gasteiger partial charge in [-0.3, -0.25) is 0 Å². The lowest BCUT2D eigenvalue weighted by Crippen LogP contribution is -2.58. The van der Waals surface area contributed by atoms with Gasteiger partial charge in [0.1, 0.15) is 0 Å². The molecule has 5 heteroatoms. The van der Waals surface area contributed by atoms with Crippen molar-refractivity contribution in [2.75, 3.05) is 13.1 Å². The van der Waals surface area contributed by atoms with Crippen LogP contribution in [0.15, 0.2) is 24.3 Å². The van der Waals surface area contributed by atoms with E-state index >= 15 is 0 Å². The molecule has 94 valence electrons. The topological polar surface area (TPSA) is 55.6 Å². The minimum absolute atomic E-state index is 0.136. The van der Waals surface area contributed by atoms with Crippen molar-refractivity contribution >= 4 is 0 Å². The Labute approximate surface area is 106 Å². The molecule has 3 rings (SSSR count). The molecule has 1 fully saturated rings. The van der Waals surface area contributed by atoms with Gasteiger partial charge < -0.3 is 5.32 Å². The maximum Gasteiger partial charge on any atom is 0.175 e. The molecular formula is C13H17N5. The number of aryl methyl sites for hydroxylation is 2. The van der Waals surface area contributed by atoms with E-state index in [2.05, 4.69) is 51.9 Å². The third-order valence-corrected chi connectivity index (χ3v) is 3.64. The third-order valence-electron chi connectivity index (χ3n) is 3.64. The average molecular weight is 243 g/mol. The second-order valence-corrected chi connectivity index (χ2v) is 5.12. The summed E-state index contributed by atoms with van der Waals surface area (Å²) < 4.78 is 0. The van der Waals surface area contributed by atoms with E-state index in [-0.39, 0.29) is 5.41 Å². The number of tetrazole rings is 1. The molecule has 1 aromatic heterocycles. The van der Waals surface area contributed by atoms with E-state index < -0.39 is 0 Å². The van der Waals surface area contributed by atoms with Crippen molar-refractivity contribution in [2.24, 2.45) is 7.05 Å². The van der Waals surface area contributed by atoms with Crippen molar-refractivity contribution in [3.8, 4) is 0 Å². The molecule has 0 atom stereocenters. The predicted octanol–water partition coefficient (Wildman–Crippen LogP) is 0.602. The third kappa shape index (κ3) is 1.90. The number of hydrogen-bond acceptors (Lipinski definition) is 4. The standard InChI is InChI=1S/C13H17N5/c1-10-3-5-11(6-4-10)13(8-14-9-13)7-12-15-17-18(2)16-12/h3-6,14H,7-9H2,1-2H3. The van der Waals surface area contributed by atoms with Gasteiger partial charge >= 0.3 is 0 Å². The summed E-state index contributed by atoms with van der Waals surface area (Å²) in [5.74, 6) is 0.819. The molecular weight excluding hydrogens is 226 g/mol. The van der Waals surface area contributed by atoms with Crippen LogP contribution >= 0.6 is 0 Å². The zero-order chi connectivity index (χ0) is 12.6. The van der Waals surface area contributed by atoms with Crippen LogP contribution in [0, 0.1) is 6.92 Å². The second kappa shape index (κ2) is 4.17. The van der Waals surface area contributed by atoms with Crippen LogP contribution in [-0.4, -0.2) is 33.3 Å². The Kier molecular flexibility index (Phi) is 2.63. The molecule has 2 heterocycles. The van der Waals surface area contributed by atoms with E-state index in [0.717, 1.165) is 25.3 Å². The second-order valence-electron chi connectivity index (χ2n) is 5.12. The van der Waals surface area contributed by atoms with Crippen LogP contribution in [0.3, 0.4) is 0 Å². The molecule has 1 aromatic carbocycles. The summed E-state index contributed by atoms with van der Waals surface area (Å²) in [5.41, 5.74) is 2.79. The highest BCUT2D eigenvalue weighted by Gasteiger charge is 2.39. The molecule has 1 saturated heterocycles. The highest BCUT2D eigenvalue weighted by Crippen LogP contribution is 2.31. The smallest absolute Gasteiger partial charge is 0.175 e. The summed E-state index contributed by atoms with van der Waals surface area (Å²) in [4.78, 5) is 1.52. The highest BCUT2D eigenvalue weighted by atomic mass is 15.6. The van der Waals surface area contributed by atoms with Crippen LogP contribution in [0.2, 0.25) is 0 Å². The minimum Gasteiger partial charge on any atom is -0.315 e. The molecule has 0 aliphatic carbocycles. The average Bonchev–Trinajstić information content (AvgIpc) is 2.71. The molecule has 0 radical (unpaired) electrons. The van der Waals surface area contributed by atoms with Crippen molar-refractivity contribution in [2.45, 2.75) is 18.8 Å². The van der Waals surface area contributed by atoms with Gasteiger partial charge in [0.15, 0.2) is 5.82 Å². The zero-order valence-corrected chi connectivity index (χ0v) is 10.7. The summed E-state index contributed by atoms with van der Waals surface area (Å²) in [6.45, 7) is 4.07. The van der Waals surface area contributed by atoms with Gasteiger partial charge in [-0.05, 0) is 17.7 Å². The number of rotatable bonds is 3. The molecule has 0 unspecified atom stereocenters. The van der Waals surface area contributed by atoms with E-state index in [0.29, 0.717) is 0 Å². The Bertz CT molecular complexity index is 539. The van der Waals surface area contributed by atoms with Gasteiger partial charge in [0.05, 0.1) is 7.05 Å². The van der Waals surface area contributed by atoms with E-state index in [9.17, 15) is 0 Å². The zero-order valence-electron chi connectivity index (χ0n) is 10.7. The number of hydrogen-bond donors (Lipinski definition) is 1. The maximum absolute atomic E-state index is 4.29. The first kappa shape index (κ1) is 11.3. The summed E-state index contributed by atoms with van der Waals surface area (Å²) in [6, 6.07) is 8.76. The van der Waals surface area contributed by atoms with Gasteiger partial charge in [0, 0.05) is 24.9 Å². The summed E-state index contributed by atoms with van der Waals surface area (Å²) >= 11 is 0. The number of benzene rings is 1. The Morgan fingerprint density at radius 2 is 2.00 bits per heavy atom. The van der Waals surface area contributed by atoms with E-state index in [4.69, 9.17) is 0 Å². The Hall–Kier alpha value is -1.75. The Morgan fingerprint density at radius 1 is 1.28 bits per heavy atom. The number of nitrogens with zero attached hydrogens (tertiary/aromatic N) is 4. The van der Waals surface area contributed by atoms with Crippen molar-refractivity contribution in [3.63, 3.8) is 0 Å². The fourth-order valence-electron chi connectivity index (χ4n) is 2.46. The maximum atomic E-state index is 4.29. The molecule has 1 aliphatic heterocycles. The van der Waals surface area contributed by atoms with Gasteiger partial charge in [-0.25, -0.2) is 0 Å². The molecule has 1 aliphatic rings. The van der Waals surface area contributed by atoms with Crippen LogP contribution in [0.1, 0.15) is 17.0 Å². The minimum atomic E-state index is 0.136. The highest BCUT2D eigenvalue weighted by molar-refractivity contribution is 5.33. The van der Waals surface area contributed by atoms with Crippen LogP contribution in [0.25, 0.3) is 0 Å². The molecule has 18 heavy (non-hydrogen) atoms. The van der Waals surface area contributed by atoms with Gasteiger partial charge in [0.2, 0.25) is 0 Å². The number of nitrogens with one attached hydrogen (secondary N) is 1. The monoisotopic (exact) mass is 243 g/mol. The lowest BCUT2D eigenvalue weighted by Gasteiger charge is -2.42. The van der Waals surface area contributed by atoms with Gasteiger partial charge in [-0.1, -0.05) is 29.8 Å². The SMILES string of the molecule is Cc1ccc(C2(Cc3nnn(C)n3)CNC2)cc1. The van der Waals surface area contributed by atoms with Crippen LogP contribution in [0.5, 0.6) is 0 Å². The summed E-state index contributed by atoms with van der Waals surface area (Å²) in [6.07, 6.45) is 0.844. The fraction of sp³-hybridized carbons (Fsp3) is 0.462. The first-order chi connectivity index (χ1) is 8.68. The fourth-order valence-corrected chi connectivity index (χ4v) is 2.46.